The Morgan fingerprint density at radius 3 is 2.29 bits per heavy atom. The second-order valence-corrected chi connectivity index (χ2v) is 3.51. The molecule has 0 aliphatic rings. The van der Waals surface area contributed by atoms with Crippen LogP contribution in [-0.2, 0) is 6.42 Å². The Hall–Kier alpha value is -0.825. The van der Waals surface area contributed by atoms with Gasteiger partial charge in [-0.3, -0.25) is 0 Å². The van der Waals surface area contributed by atoms with Crippen LogP contribution >= 0.6 is 0 Å². The van der Waals surface area contributed by atoms with Gasteiger partial charge in [0.25, 0.3) is 0 Å². The van der Waals surface area contributed by atoms with Gasteiger partial charge >= 0.3 is 0 Å². The Labute approximate surface area is 87.3 Å². The van der Waals surface area contributed by atoms with Crippen LogP contribution in [0.3, 0.4) is 0 Å². The third-order valence-corrected chi connectivity index (χ3v) is 1.32. The molecule has 1 aromatic carbocycles. The Morgan fingerprint density at radius 2 is 1.86 bits per heavy atom. The molecule has 0 saturated heterocycles. The summed E-state index contributed by atoms with van der Waals surface area (Å²) in [7, 11) is 11.3. The number of aryl methyl sites for hydroxylation is 1. The van der Waals surface area contributed by atoms with Crippen LogP contribution in [0, 0.1) is 5.82 Å². The van der Waals surface area contributed by atoms with E-state index in [4.69, 9.17) is 7.85 Å². The fourth-order valence-corrected chi connectivity index (χ4v) is 0.859. The molecule has 0 atom stereocenters. The summed E-state index contributed by atoms with van der Waals surface area (Å²) in [6.07, 6.45) is 1.32. The first-order valence-corrected chi connectivity index (χ1v) is 4.61. The number of hydrogen-bond donors (Lipinski definition) is 0. The molecule has 1 nitrogen and oxygen atoms in total. The van der Waals surface area contributed by atoms with Crippen LogP contribution in [-0.4, -0.2) is 33.9 Å². The molecular weight excluding hydrogens is 176 g/mol. The van der Waals surface area contributed by atoms with Crippen molar-refractivity contribution in [1.82, 2.24) is 4.90 Å². The van der Waals surface area contributed by atoms with Gasteiger partial charge in [-0.25, -0.2) is 4.39 Å². The number of hydrogen-bond acceptors (Lipinski definition) is 1. The molecule has 0 bridgehead atoms. The molecule has 2 radical (unpaired) electrons. The highest BCUT2D eigenvalue weighted by Gasteiger charge is 1.91. The molecule has 76 valence electrons. The van der Waals surface area contributed by atoms with Gasteiger partial charge in [0.2, 0.25) is 0 Å². The van der Waals surface area contributed by atoms with Crippen molar-refractivity contribution < 1.29 is 4.39 Å². The zero-order valence-electron chi connectivity index (χ0n) is 9.13. The zero-order chi connectivity index (χ0) is 11.0. The highest BCUT2D eigenvalue weighted by molar-refractivity contribution is 6.08. The summed E-state index contributed by atoms with van der Waals surface area (Å²) in [5.41, 5.74) is 0.961. The summed E-state index contributed by atoms with van der Waals surface area (Å²) in [5, 5.41) is 0. The maximum Gasteiger partial charge on any atom is 0.123 e. The van der Waals surface area contributed by atoms with Crippen molar-refractivity contribution in [1.29, 1.82) is 0 Å². The summed E-state index contributed by atoms with van der Waals surface area (Å²) in [6, 6.07) is 6.50. The zero-order valence-corrected chi connectivity index (χ0v) is 9.13. The predicted octanol–water partition coefficient (Wildman–Crippen LogP) is 2.13. The van der Waals surface area contributed by atoms with E-state index >= 15 is 0 Å². The van der Waals surface area contributed by atoms with Crippen LogP contribution in [0.4, 0.5) is 4.39 Å². The Bertz CT molecular complexity index is 248. The van der Waals surface area contributed by atoms with E-state index < -0.39 is 0 Å². The number of halogens is 1. The van der Waals surface area contributed by atoms with Crippen molar-refractivity contribution in [3.8, 4) is 0 Å². The van der Waals surface area contributed by atoms with Crippen molar-refractivity contribution in [2.45, 2.75) is 12.7 Å². The van der Waals surface area contributed by atoms with Crippen LogP contribution in [0.25, 0.3) is 0 Å². The quantitative estimate of drug-likeness (QED) is 0.650. The first-order valence-electron chi connectivity index (χ1n) is 4.61. The lowest BCUT2D eigenvalue weighted by molar-refractivity contribution is 0.505. The lowest BCUT2D eigenvalue weighted by Crippen LogP contribution is -1.99. The predicted molar refractivity (Wildman–Crippen MR) is 60.3 cm³/mol. The molecular formula is C11H17BFN. The van der Waals surface area contributed by atoms with E-state index in [9.17, 15) is 4.39 Å². The maximum atomic E-state index is 12.4. The van der Waals surface area contributed by atoms with Crippen LogP contribution in [0.1, 0.15) is 5.56 Å². The van der Waals surface area contributed by atoms with Crippen molar-refractivity contribution >= 4 is 7.85 Å². The minimum Gasteiger partial charge on any atom is -0.312 e. The Kier molecular flexibility index (Phi) is 7.12. The van der Waals surface area contributed by atoms with Gasteiger partial charge in [-0.15, -0.1) is 0 Å². The molecule has 14 heavy (non-hydrogen) atoms. The van der Waals surface area contributed by atoms with Gasteiger partial charge in [-0.2, -0.15) is 0 Å². The number of rotatable bonds is 2. The monoisotopic (exact) mass is 193 g/mol. The molecule has 0 N–H and O–H groups in total. The summed E-state index contributed by atoms with van der Waals surface area (Å²) in [5.74, 6) is -0.189. The van der Waals surface area contributed by atoms with E-state index in [2.05, 4.69) is 0 Å². The molecule has 0 fully saturated rings. The van der Waals surface area contributed by atoms with Gasteiger partial charge in [0.05, 0.1) is 7.85 Å². The average molecular weight is 193 g/mol. The highest BCUT2D eigenvalue weighted by Crippen LogP contribution is 2.04. The van der Waals surface area contributed by atoms with Crippen molar-refractivity contribution in [3.05, 3.63) is 35.6 Å². The van der Waals surface area contributed by atoms with Crippen molar-refractivity contribution in [2.75, 3.05) is 21.1 Å². The average Bonchev–Trinajstić information content (AvgIpc) is 2.03. The summed E-state index contributed by atoms with van der Waals surface area (Å²) >= 11 is 0. The second kappa shape index (κ2) is 7.57. The maximum absolute atomic E-state index is 12.4. The fraction of sp³-hybridized carbons (Fsp3) is 0.455. The number of benzene rings is 1. The topological polar surface area (TPSA) is 3.24 Å². The third-order valence-electron chi connectivity index (χ3n) is 1.32. The van der Waals surface area contributed by atoms with Gasteiger partial charge in [0, 0.05) is 0 Å². The molecule has 1 aromatic rings. The van der Waals surface area contributed by atoms with Crippen molar-refractivity contribution in [2.24, 2.45) is 0 Å². The number of nitrogens with zero attached hydrogens (tertiary/aromatic N) is 1. The molecule has 0 unspecified atom stereocenters. The lowest BCUT2D eigenvalue weighted by atomic mass is 9.97. The van der Waals surface area contributed by atoms with E-state index in [1.807, 2.05) is 32.1 Å². The largest absolute Gasteiger partial charge is 0.312 e. The van der Waals surface area contributed by atoms with Gasteiger partial charge in [0.15, 0.2) is 0 Å². The summed E-state index contributed by atoms with van der Waals surface area (Å²) in [4.78, 5) is 2.00. The first kappa shape index (κ1) is 13.2. The van der Waals surface area contributed by atoms with Crippen LogP contribution in [0.5, 0.6) is 0 Å². The molecule has 0 amide bonds. The van der Waals surface area contributed by atoms with Gasteiger partial charge in [-0.1, -0.05) is 18.5 Å². The van der Waals surface area contributed by atoms with Gasteiger partial charge in [-0.05, 0) is 45.3 Å². The smallest absolute Gasteiger partial charge is 0.123 e. The van der Waals surface area contributed by atoms with E-state index in [1.165, 1.54) is 12.1 Å². The van der Waals surface area contributed by atoms with Crippen LogP contribution < -0.4 is 0 Å². The summed E-state index contributed by atoms with van der Waals surface area (Å²) in [6.45, 7) is 0. The second-order valence-electron chi connectivity index (χ2n) is 3.51. The molecule has 0 aliphatic carbocycles. The standard InChI is InChI=1S/C8H8BF.C3H9N/c9-5-4-7-2-1-3-8(10)6-7;1-4(2)3/h1-3,6H,4-5H2;1-3H3. The van der Waals surface area contributed by atoms with Crippen LogP contribution in [0.2, 0.25) is 6.32 Å². The molecule has 0 aliphatic heterocycles. The van der Waals surface area contributed by atoms with Crippen LogP contribution in [0.15, 0.2) is 24.3 Å². The minimum atomic E-state index is -0.189. The van der Waals surface area contributed by atoms with E-state index in [0.717, 1.165) is 12.0 Å². The Balaban J connectivity index is 0.000000364. The SMILES string of the molecule is CN(C)C.[B]CCc1cccc(F)c1. The Morgan fingerprint density at radius 1 is 1.29 bits per heavy atom. The van der Waals surface area contributed by atoms with E-state index in [-0.39, 0.29) is 5.82 Å². The molecule has 1 rings (SSSR count). The molecule has 0 aromatic heterocycles. The van der Waals surface area contributed by atoms with Gasteiger partial charge in [0.1, 0.15) is 5.82 Å². The van der Waals surface area contributed by atoms with Crippen molar-refractivity contribution in [3.63, 3.8) is 0 Å². The first-order chi connectivity index (χ1) is 6.56. The molecule has 0 heterocycles. The molecule has 0 spiro atoms. The fourth-order valence-electron chi connectivity index (χ4n) is 0.859. The van der Waals surface area contributed by atoms with E-state index in [1.54, 1.807) is 6.07 Å². The third kappa shape index (κ3) is 7.81. The molecule has 3 heteroatoms. The minimum absolute atomic E-state index is 0.189. The van der Waals surface area contributed by atoms with Gasteiger partial charge < -0.3 is 4.90 Å². The molecule has 0 saturated carbocycles. The lowest BCUT2D eigenvalue weighted by Gasteiger charge is -1.96. The normalized spacial score (nSPS) is 9.50. The van der Waals surface area contributed by atoms with E-state index in [0.29, 0.717) is 6.32 Å². The summed E-state index contributed by atoms with van der Waals surface area (Å²) < 4.78 is 12.4. The highest BCUT2D eigenvalue weighted by atomic mass is 19.1.